The van der Waals surface area contributed by atoms with Crippen molar-refractivity contribution in [1.82, 2.24) is 25.4 Å². The number of aromatic hydroxyl groups is 1. The average Bonchev–Trinajstić information content (AvgIpc) is 3.21. The Kier molecular flexibility index (Phi) is 7.25. The van der Waals surface area contributed by atoms with Crippen LogP contribution >= 0.6 is 11.6 Å². The Morgan fingerprint density at radius 3 is 2.70 bits per heavy atom. The fraction of sp³-hybridized carbons (Fsp3) is 0.0870. The number of anilines is 1. The van der Waals surface area contributed by atoms with Gasteiger partial charge in [-0.15, -0.1) is 0 Å². The highest BCUT2D eigenvalue weighted by Gasteiger charge is 2.32. The SMILES string of the molecule is O=C(Cn1cc(/C=N/NC(=O)c2ccc(O)c(Cl)c2)c2ccccc21)NNc1nccc(C(F)(F)F)n1. The molecule has 2 heterocycles. The van der Waals surface area contributed by atoms with E-state index in [0.717, 1.165) is 11.6 Å². The van der Waals surface area contributed by atoms with Gasteiger partial charge in [-0.1, -0.05) is 29.8 Å². The molecular formula is C23H17ClF3N7O3. The summed E-state index contributed by atoms with van der Waals surface area (Å²) in [5.41, 5.74) is 7.19. The predicted molar refractivity (Wildman–Crippen MR) is 129 cm³/mol. The monoisotopic (exact) mass is 531 g/mol. The number of alkyl halides is 3. The van der Waals surface area contributed by atoms with E-state index in [-0.39, 0.29) is 22.9 Å². The van der Waals surface area contributed by atoms with E-state index in [1.165, 1.54) is 24.4 Å². The molecule has 14 heteroatoms. The molecule has 0 atom stereocenters. The number of halogens is 4. The van der Waals surface area contributed by atoms with Crippen molar-refractivity contribution in [3.05, 3.63) is 82.8 Å². The maximum absolute atomic E-state index is 12.8. The van der Waals surface area contributed by atoms with Gasteiger partial charge in [0.25, 0.3) is 11.8 Å². The number of hydrazone groups is 1. The van der Waals surface area contributed by atoms with E-state index in [0.29, 0.717) is 17.1 Å². The summed E-state index contributed by atoms with van der Waals surface area (Å²) in [5.74, 6) is -1.71. The zero-order valence-electron chi connectivity index (χ0n) is 18.6. The molecule has 0 aliphatic heterocycles. The van der Waals surface area contributed by atoms with Crippen molar-refractivity contribution in [1.29, 1.82) is 0 Å². The summed E-state index contributed by atoms with van der Waals surface area (Å²) in [5, 5.41) is 14.2. The van der Waals surface area contributed by atoms with Crippen molar-refractivity contribution in [3.63, 3.8) is 0 Å². The molecule has 0 saturated heterocycles. The Morgan fingerprint density at radius 2 is 1.95 bits per heavy atom. The lowest BCUT2D eigenvalue weighted by molar-refractivity contribution is -0.141. The Hall–Kier alpha value is -4.65. The lowest BCUT2D eigenvalue weighted by atomic mass is 10.2. The van der Waals surface area contributed by atoms with Gasteiger partial charge in [0.15, 0.2) is 0 Å². The maximum Gasteiger partial charge on any atom is 0.433 e. The minimum absolute atomic E-state index is 0.0204. The molecule has 0 fully saturated rings. The third-order valence-electron chi connectivity index (χ3n) is 4.97. The van der Waals surface area contributed by atoms with E-state index in [1.54, 1.807) is 35.0 Å². The Labute approximate surface area is 211 Å². The summed E-state index contributed by atoms with van der Waals surface area (Å²) in [6, 6.07) is 11.8. The van der Waals surface area contributed by atoms with Crippen LogP contribution in [0.3, 0.4) is 0 Å². The van der Waals surface area contributed by atoms with Gasteiger partial charge in [-0.2, -0.15) is 18.3 Å². The van der Waals surface area contributed by atoms with Gasteiger partial charge < -0.3 is 9.67 Å². The smallest absolute Gasteiger partial charge is 0.433 e. The average molecular weight is 532 g/mol. The van der Waals surface area contributed by atoms with E-state index in [1.807, 2.05) is 0 Å². The molecule has 0 radical (unpaired) electrons. The molecule has 10 nitrogen and oxygen atoms in total. The zero-order valence-corrected chi connectivity index (χ0v) is 19.4. The Balaban J connectivity index is 1.44. The molecule has 37 heavy (non-hydrogen) atoms. The number of benzene rings is 2. The van der Waals surface area contributed by atoms with Gasteiger partial charge in [0, 0.05) is 34.4 Å². The molecule has 4 N–H and O–H groups in total. The zero-order chi connectivity index (χ0) is 26.6. The number of aromatic nitrogens is 3. The van der Waals surface area contributed by atoms with Crippen LogP contribution in [0.15, 0.2) is 66.0 Å². The summed E-state index contributed by atoms with van der Waals surface area (Å²) < 4.78 is 40.0. The molecule has 2 aromatic heterocycles. The first-order chi connectivity index (χ1) is 17.6. The van der Waals surface area contributed by atoms with Gasteiger partial charge in [0.1, 0.15) is 18.0 Å². The van der Waals surface area contributed by atoms with E-state index < -0.39 is 29.6 Å². The molecule has 0 spiro atoms. The van der Waals surface area contributed by atoms with Gasteiger partial charge in [0.2, 0.25) is 5.95 Å². The number of rotatable bonds is 7. The van der Waals surface area contributed by atoms with Crippen molar-refractivity contribution in [3.8, 4) is 5.75 Å². The quantitative estimate of drug-likeness (QED) is 0.212. The van der Waals surface area contributed by atoms with Gasteiger partial charge in [0.05, 0.1) is 11.2 Å². The Morgan fingerprint density at radius 1 is 1.16 bits per heavy atom. The van der Waals surface area contributed by atoms with E-state index in [2.05, 4.69) is 31.3 Å². The van der Waals surface area contributed by atoms with Gasteiger partial charge >= 0.3 is 6.18 Å². The van der Waals surface area contributed by atoms with Crippen LogP contribution in [-0.2, 0) is 17.5 Å². The molecular weight excluding hydrogens is 515 g/mol. The van der Waals surface area contributed by atoms with E-state index in [4.69, 9.17) is 11.6 Å². The van der Waals surface area contributed by atoms with Crippen LogP contribution in [0.2, 0.25) is 5.02 Å². The second-order valence-corrected chi connectivity index (χ2v) is 7.94. The van der Waals surface area contributed by atoms with E-state index >= 15 is 0 Å². The number of fused-ring (bicyclic) bond motifs is 1. The fourth-order valence-electron chi connectivity index (χ4n) is 3.28. The van der Waals surface area contributed by atoms with Gasteiger partial charge in [-0.3, -0.25) is 20.4 Å². The standard InChI is InChI=1S/C23H17ClF3N7O3/c24-16-9-13(5-6-18(16)35)21(37)32-29-10-14-11-34(17-4-2-1-3-15(14)17)12-20(36)31-33-22-28-8-7-19(30-22)23(25,26)27/h1-11,35H,12H2,(H,31,36)(H,32,37)(H,28,30,33)/b29-10+. The van der Waals surface area contributed by atoms with Crippen LogP contribution < -0.4 is 16.3 Å². The van der Waals surface area contributed by atoms with Crippen LogP contribution in [0.4, 0.5) is 19.1 Å². The van der Waals surface area contributed by atoms with Crippen molar-refractivity contribution in [2.45, 2.75) is 12.7 Å². The van der Waals surface area contributed by atoms with Crippen molar-refractivity contribution in [2.24, 2.45) is 5.10 Å². The summed E-state index contributed by atoms with van der Waals surface area (Å²) in [4.78, 5) is 31.7. The highest BCUT2D eigenvalue weighted by atomic mass is 35.5. The van der Waals surface area contributed by atoms with Crippen LogP contribution in [0.5, 0.6) is 5.75 Å². The topological polar surface area (TPSA) is 134 Å². The van der Waals surface area contributed by atoms with Crippen LogP contribution in [0.1, 0.15) is 21.6 Å². The number of nitrogens with zero attached hydrogens (tertiary/aromatic N) is 4. The number of phenolic OH excluding ortho intramolecular Hbond substituents is 1. The molecule has 4 aromatic rings. The second kappa shape index (κ2) is 10.5. The van der Waals surface area contributed by atoms with E-state index in [9.17, 15) is 27.9 Å². The van der Waals surface area contributed by atoms with Gasteiger partial charge in [-0.05, 0) is 30.3 Å². The maximum atomic E-state index is 12.8. The predicted octanol–water partition coefficient (Wildman–Crippen LogP) is 3.72. The first-order valence-electron chi connectivity index (χ1n) is 10.5. The minimum atomic E-state index is -4.65. The number of nitrogens with one attached hydrogen (secondary N) is 3. The van der Waals surface area contributed by atoms with Crippen LogP contribution in [0.25, 0.3) is 10.9 Å². The van der Waals surface area contributed by atoms with Crippen molar-refractivity contribution in [2.75, 3.05) is 5.43 Å². The number of phenols is 1. The molecule has 190 valence electrons. The Bertz CT molecular complexity index is 1500. The summed E-state index contributed by atoms with van der Waals surface area (Å²) in [6.45, 7) is -0.196. The second-order valence-electron chi connectivity index (χ2n) is 7.53. The largest absolute Gasteiger partial charge is 0.506 e. The number of hydrogen-bond donors (Lipinski definition) is 4. The van der Waals surface area contributed by atoms with Crippen molar-refractivity contribution >= 4 is 46.5 Å². The lowest BCUT2D eigenvalue weighted by Crippen LogP contribution is -2.33. The number of carbonyl (C=O) groups excluding carboxylic acids is 2. The first kappa shape index (κ1) is 25.4. The first-order valence-corrected chi connectivity index (χ1v) is 10.8. The molecule has 4 rings (SSSR count). The third-order valence-corrected chi connectivity index (χ3v) is 5.28. The molecule has 0 aliphatic carbocycles. The summed E-state index contributed by atoms with van der Waals surface area (Å²) in [7, 11) is 0. The molecule has 2 amide bonds. The number of amides is 2. The summed E-state index contributed by atoms with van der Waals surface area (Å²) >= 11 is 5.82. The molecule has 0 aliphatic rings. The highest BCUT2D eigenvalue weighted by Crippen LogP contribution is 2.27. The third kappa shape index (κ3) is 6.13. The molecule has 0 saturated carbocycles. The van der Waals surface area contributed by atoms with Gasteiger partial charge in [-0.25, -0.2) is 15.4 Å². The van der Waals surface area contributed by atoms with Crippen molar-refractivity contribution < 1.29 is 27.9 Å². The number of para-hydroxylation sites is 1. The number of hydrogen-bond acceptors (Lipinski definition) is 7. The molecule has 2 aromatic carbocycles. The molecule has 0 unspecified atom stereocenters. The summed E-state index contributed by atoms with van der Waals surface area (Å²) in [6.07, 6.45) is -0.712. The number of hydrazine groups is 1. The number of carbonyl (C=O) groups is 2. The molecule has 0 bridgehead atoms. The minimum Gasteiger partial charge on any atom is -0.506 e. The fourth-order valence-corrected chi connectivity index (χ4v) is 3.46. The van der Waals surface area contributed by atoms with Crippen LogP contribution in [0, 0.1) is 0 Å². The van der Waals surface area contributed by atoms with Crippen LogP contribution in [-0.4, -0.2) is 37.7 Å². The highest BCUT2D eigenvalue weighted by molar-refractivity contribution is 6.32. The normalized spacial score (nSPS) is 11.6. The lowest BCUT2D eigenvalue weighted by Gasteiger charge is -2.10.